The fourth-order valence-corrected chi connectivity index (χ4v) is 5.09. The summed E-state index contributed by atoms with van der Waals surface area (Å²) in [5.41, 5.74) is -0.133. The third kappa shape index (κ3) is 5.60. The summed E-state index contributed by atoms with van der Waals surface area (Å²) in [5, 5.41) is 10.1. The number of piperidine rings is 1. The monoisotopic (exact) mass is 549 g/mol. The molecule has 2 aliphatic rings. The minimum atomic E-state index is -1.35. The zero-order chi connectivity index (χ0) is 27.9. The lowest BCUT2D eigenvalue weighted by atomic mass is 10.0. The standard InChI is InChI=1S/C27H33ClFN3O6/c1-27(2,3)38-26(36)30(4)14-19(28)15-8-10-31(11-9-15)22-20(29)12-17-21(24(22)37-5)32(16-6-7-16)13-18(23(17)33)25(34)35/h12-13,16H,6-11,14H2,1-5H3,(H,34,35). The first-order valence-electron chi connectivity index (χ1n) is 12.6. The number of carbonyl (C=O) groups excluding carboxylic acids is 1. The first-order chi connectivity index (χ1) is 17.8. The number of carbonyl (C=O) groups is 2. The number of amides is 1. The fourth-order valence-electron chi connectivity index (χ4n) is 4.72. The molecule has 1 aromatic carbocycles. The average molecular weight is 550 g/mol. The molecule has 1 amide bonds. The van der Waals surface area contributed by atoms with E-state index in [4.69, 9.17) is 21.1 Å². The number of halogens is 2. The third-order valence-electron chi connectivity index (χ3n) is 6.72. The molecule has 206 valence electrons. The number of pyridine rings is 1. The van der Waals surface area contributed by atoms with Crippen molar-refractivity contribution in [3.05, 3.63) is 44.5 Å². The van der Waals surface area contributed by atoms with Gasteiger partial charge in [-0.05, 0) is 52.5 Å². The molecule has 0 bridgehead atoms. The summed E-state index contributed by atoms with van der Waals surface area (Å²) >= 11 is 6.58. The van der Waals surface area contributed by atoms with E-state index in [0.717, 1.165) is 24.5 Å². The van der Waals surface area contributed by atoms with E-state index in [-0.39, 0.29) is 29.4 Å². The second-order valence-electron chi connectivity index (χ2n) is 10.8. The maximum atomic E-state index is 15.6. The lowest BCUT2D eigenvalue weighted by Gasteiger charge is -2.33. The molecule has 0 atom stereocenters. The van der Waals surface area contributed by atoms with Crippen LogP contribution in [0.2, 0.25) is 0 Å². The van der Waals surface area contributed by atoms with Gasteiger partial charge in [0.2, 0.25) is 5.43 Å². The Hall–Kier alpha value is -3.27. The van der Waals surface area contributed by atoms with Gasteiger partial charge in [0.25, 0.3) is 0 Å². The summed E-state index contributed by atoms with van der Waals surface area (Å²) in [5.74, 6) is -1.79. The number of ether oxygens (including phenoxy) is 2. The van der Waals surface area contributed by atoms with E-state index in [1.54, 1.807) is 32.4 Å². The van der Waals surface area contributed by atoms with Crippen molar-refractivity contribution in [2.75, 3.05) is 38.7 Å². The normalized spacial score (nSPS) is 16.0. The molecule has 11 heteroatoms. The molecular weight excluding hydrogens is 517 g/mol. The second-order valence-corrected chi connectivity index (χ2v) is 11.2. The van der Waals surface area contributed by atoms with Crippen molar-refractivity contribution in [3.8, 4) is 5.75 Å². The number of aromatic carboxylic acids is 1. The van der Waals surface area contributed by atoms with Crippen molar-refractivity contribution < 1.29 is 28.6 Å². The van der Waals surface area contributed by atoms with E-state index in [1.165, 1.54) is 18.2 Å². The zero-order valence-corrected chi connectivity index (χ0v) is 23.0. The van der Waals surface area contributed by atoms with Crippen LogP contribution >= 0.6 is 11.6 Å². The lowest BCUT2D eigenvalue weighted by molar-refractivity contribution is 0.0315. The molecule has 1 saturated carbocycles. The van der Waals surface area contributed by atoms with Crippen LogP contribution in [0.1, 0.15) is 62.9 Å². The highest BCUT2D eigenvalue weighted by molar-refractivity contribution is 6.30. The molecule has 1 aliphatic carbocycles. The van der Waals surface area contributed by atoms with E-state index in [2.05, 4.69) is 0 Å². The molecule has 9 nitrogen and oxygen atoms in total. The Morgan fingerprint density at radius 2 is 1.87 bits per heavy atom. The van der Waals surface area contributed by atoms with Gasteiger partial charge in [-0.1, -0.05) is 17.2 Å². The summed E-state index contributed by atoms with van der Waals surface area (Å²) < 4.78 is 28.3. The SMILES string of the molecule is COc1c(N2CCC(=C(Cl)CN(C)C(=O)OC(C)(C)C)CC2)c(F)cc2c(=O)c(C(=O)O)cn(C3CC3)c12. The Labute approximate surface area is 225 Å². The quantitative estimate of drug-likeness (QED) is 0.532. The predicted molar refractivity (Wildman–Crippen MR) is 143 cm³/mol. The molecule has 4 rings (SSSR count). The van der Waals surface area contributed by atoms with Gasteiger partial charge in [0.1, 0.15) is 16.9 Å². The molecule has 2 heterocycles. The molecular formula is C27H33ClFN3O6. The molecule has 1 N–H and O–H groups in total. The average Bonchev–Trinajstić information content (AvgIpc) is 3.68. The number of carboxylic acids is 1. The van der Waals surface area contributed by atoms with Crippen LogP contribution in [0, 0.1) is 5.82 Å². The number of hydrogen-bond acceptors (Lipinski definition) is 6. The van der Waals surface area contributed by atoms with Gasteiger partial charge in [-0.15, -0.1) is 0 Å². The highest BCUT2D eigenvalue weighted by Gasteiger charge is 2.32. The molecule has 38 heavy (non-hydrogen) atoms. The minimum Gasteiger partial charge on any atom is -0.492 e. The summed E-state index contributed by atoms with van der Waals surface area (Å²) in [6, 6.07) is 1.15. The smallest absolute Gasteiger partial charge is 0.410 e. The molecule has 2 fully saturated rings. The number of rotatable bonds is 6. The van der Waals surface area contributed by atoms with Crippen molar-refractivity contribution in [2.24, 2.45) is 0 Å². The number of likely N-dealkylation sites (N-methyl/N-ethyl adjacent to an activating group) is 1. The molecule has 1 aromatic heterocycles. The lowest BCUT2D eigenvalue weighted by Crippen LogP contribution is -2.36. The van der Waals surface area contributed by atoms with Crippen molar-refractivity contribution in [1.29, 1.82) is 0 Å². The third-order valence-corrected chi connectivity index (χ3v) is 7.11. The Morgan fingerprint density at radius 3 is 2.39 bits per heavy atom. The van der Waals surface area contributed by atoms with Crippen molar-refractivity contribution in [2.45, 2.75) is 58.1 Å². The Morgan fingerprint density at radius 1 is 1.24 bits per heavy atom. The zero-order valence-electron chi connectivity index (χ0n) is 22.3. The Bertz CT molecular complexity index is 1370. The first-order valence-corrected chi connectivity index (χ1v) is 12.9. The van der Waals surface area contributed by atoms with E-state index >= 15 is 4.39 Å². The number of methoxy groups -OCH3 is 1. The van der Waals surface area contributed by atoms with Crippen LogP contribution in [-0.2, 0) is 4.74 Å². The summed E-state index contributed by atoms with van der Waals surface area (Å²) in [6.07, 6.45) is 3.64. The van der Waals surface area contributed by atoms with Crippen LogP contribution < -0.4 is 15.1 Å². The van der Waals surface area contributed by atoms with Crippen LogP contribution in [0.5, 0.6) is 5.75 Å². The molecule has 0 radical (unpaired) electrons. The second kappa shape index (κ2) is 10.5. The number of fused-ring (bicyclic) bond motifs is 1. The van der Waals surface area contributed by atoms with Crippen LogP contribution in [0.15, 0.2) is 27.7 Å². The summed E-state index contributed by atoms with van der Waals surface area (Å²) in [7, 11) is 3.04. The summed E-state index contributed by atoms with van der Waals surface area (Å²) in [6.45, 7) is 6.49. The predicted octanol–water partition coefficient (Wildman–Crippen LogP) is 5.14. The molecule has 1 aliphatic heterocycles. The topological polar surface area (TPSA) is 101 Å². The number of benzene rings is 1. The first kappa shape index (κ1) is 27.8. The molecule has 1 saturated heterocycles. The molecule has 0 spiro atoms. The maximum Gasteiger partial charge on any atom is 0.410 e. The van der Waals surface area contributed by atoms with E-state index in [9.17, 15) is 19.5 Å². The van der Waals surface area contributed by atoms with Gasteiger partial charge in [0.05, 0.1) is 24.6 Å². The molecule has 2 aromatic rings. The Balaban J connectivity index is 1.63. The maximum absolute atomic E-state index is 15.6. The van der Waals surface area contributed by atoms with Gasteiger partial charge < -0.3 is 28.9 Å². The van der Waals surface area contributed by atoms with Gasteiger partial charge in [-0.2, -0.15) is 0 Å². The van der Waals surface area contributed by atoms with Crippen LogP contribution in [0.3, 0.4) is 0 Å². The van der Waals surface area contributed by atoms with Crippen molar-refractivity contribution >= 4 is 40.3 Å². The number of carboxylic acid groups (broad SMARTS) is 1. The largest absolute Gasteiger partial charge is 0.492 e. The highest BCUT2D eigenvalue weighted by Crippen LogP contribution is 2.44. The van der Waals surface area contributed by atoms with Crippen LogP contribution in [0.4, 0.5) is 14.9 Å². The number of aromatic nitrogens is 1. The highest BCUT2D eigenvalue weighted by atomic mass is 35.5. The molecule has 0 unspecified atom stereocenters. The van der Waals surface area contributed by atoms with Crippen molar-refractivity contribution in [3.63, 3.8) is 0 Å². The number of nitrogens with zero attached hydrogens (tertiary/aromatic N) is 3. The van der Waals surface area contributed by atoms with Gasteiger partial charge in [0, 0.05) is 37.4 Å². The Kier molecular flexibility index (Phi) is 7.65. The van der Waals surface area contributed by atoms with Crippen molar-refractivity contribution in [1.82, 2.24) is 9.47 Å². The van der Waals surface area contributed by atoms with Gasteiger partial charge >= 0.3 is 12.1 Å². The van der Waals surface area contributed by atoms with Gasteiger partial charge in [-0.25, -0.2) is 14.0 Å². The summed E-state index contributed by atoms with van der Waals surface area (Å²) in [4.78, 5) is 40.2. The fraction of sp³-hybridized carbons (Fsp3) is 0.519. The number of hydrogen-bond donors (Lipinski definition) is 1. The van der Waals surface area contributed by atoms with Crippen LogP contribution in [-0.4, -0.2) is 66.0 Å². The van der Waals surface area contributed by atoms with E-state index < -0.39 is 34.5 Å². The number of anilines is 1. The van der Waals surface area contributed by atoms with E-state index in [0.29, 0.717) is 36.5 Å². The van der Waals surface area contributed by atoms with Gasteiger partial charge in [-0.3, -0.25) is 4.79 Å². The van der Waals surface area contributed by atoms with E-state index in [1.807, 2.05) is 4.90 Å². The van der Waals surface area contributed by atoms with Crippen LogP contribution in [0.25, 0.3) is 10.9 Å². The van der Waals surface area contributed by atoms with Gasteiger partial charge in [0.15, 0.2) is 11.6 Å². The minimum absolute atomic E-state index is 0.0132.